The molecule has 4 rings (SSSR count). The van der Waals surface area contributed by atoms with Gasteiger partial charge in [0.25, 0.3) is 5.91 Å². The number of rotatable bonds is 4. The summed E-state index contributed by atoms with van der Waals surface area (Å²) < 4.78 is 33.7. The standard InChI is InChI=1S/C17H15BrN2O4S/c18-13-6-14-15(24-9-17(21)20-14)7-16(13)25(22,23)19-8-11-5-10-3-1-2-4-12(10)11/h1-4,6-7,11,19H,5,8-9H2,(H,20,21)/t11-/m1/s1. The number of fused-ring (bicyclic) bond motifs is 2. The number of ether oxygens (including phenoxy) is 1. The first-order valence-corrected chi connectivity index (χ1v) is 10.1. The first-order valence-electron chi connectivity index (χ1n) is 7.78. The predicted octanol–water partition coefficient (Wildman–Crippen LogP) is 2.40. The Hall–Kier alpha value is -1.90. The van der Waals surface area contributed by atoms with Gasteiger partial charge in [0, 0.05) is 23.0 Å². The van der Waals surface area contributed by atoms with Crippen LogP contribution in [-0.4, -0.2) is 27.5 Å². The van der Waals surface area contributed by atoms with Crippen molar-refractivity contribution in [3.63, 3.8) is 0 Å². The Morgan fingerprint density at radius 1 is 1.28 bits per heavy atom. The average molecular weight is 423 g/mol. The molecule has 2 aromatic rings. The molecule has 0 unspecified atom stereocenters. The summed E-state index contributed by atoms with van der Waals surface area (Å²) in [6.07, 6.45) is 0.874. The van der Waals surface area contributed by atoms with Crippen molar-refractivity contribution in [2.45, 2.75) is 17.2 Å². The Kier molecular flexibility index (Phi) is 4.05. The summed E-state index contributed by atoms with van der Waals surface area (Å²) in [6.45, 7) is 0.223. The van der Waals surface area contributed by atoms with Crippen LogP contribution in [-0.2, 0) is 21.2 Å². The molecule has 1 amide bonds. The molecule has 2 N–H and O–H groups in total. The average Bonchev–Trinajstić information content (AvgIpc) is 2.54. The molecule has 0 saturated heterocycles. The zero-order valence-electron chi connectivity index (χ0n) is 13.1. The van der Waals surface area contributed by atoms with Crippen molar-refractivity contribution in [2.24, 2.45) is 0 Å². The van der Waals surface area contributed by atoms with Gasteiger partial charge in [0.1, 0.15) is 5.75 Å². The third-order valence-electron chi connectivity index (χ3n) is 4.44. The molecule has 6 nitrogen and oxygen atoms in total. The van der Waals surface area contributed by atoms with Crippen molar-refractivity contribution in [3.8, 4) is 5.75 Å². The smallest absolute Gasteiger partial charge is 0.262 e. The van der Waals surface area contributed by atoms with Gasteiger partial charge in [-0.3, -0.25) is 4.79 Å². The molecule has 1 atom stereocenters. The van der Waals surface area contributed by atoms with Crippen molar-refractivity contribution >= 4 is 37.5 Å². The summed E-state index contributed by atoms with van der Waals surface area (Å²) in [5, 5.41) is 2.65. The number of anilines is 1. The second-order valence-electron chi connectivity index (χ2n) is 6.07. The molecule has 1 aliphatic heterocycles. The van der Waals surface area contributed by atoms with Crippen molar-refractivity contribution in [2.75, 3.05) is 18.5 Å². The van der Waals surface area contributed by atoms with Crippen LogP contribution < -0.4 is 14.8 Å². The molecular formula is C17H15BrN2O4S. The number of hydrogen-bond acceptors (Lipinski definition) is 4. The van der Waals surface area contributed by atoms with E-state index in [0.717, 1.165) is 6.42 Å². The van der Waals surface area contributed by atoms with E-state index >= 15 is 0 Å². The molecule has 0 fully saturated rings. The molecule has 1 aliphatic carbocycles. The lowest BCUT2D eigenvalue weighted by Crippen LogP contribution is -2.33. The van der Waals surface area contributed by atoms with Gasteiger partial charge in [0.2, 0.25) is 10.0 Å². The number of carbonyl (C=O) groups excluding carboxylic acids is 1. The van der Waals surface area contributed by atoms with Gasteiger partial charge in [-0.25, -0.2) is 13.1 Å². The molecule has 25 heavy (non-hydrogen) atoms. The van der Waals surface area contributed by atoms with Crippen LogP contribution in [0.3, 0.4) is 0 Å². The van der Waals surface area contributed by atoms with E-state index in [4.69, 9.17) is 4.74 Å². The summed E-state index contributed by atoms with van der Waals surface area (Å²) in [5.74, 6) is 0.270. The number of benzene rings is 2. The molecular weight excluding hydrogens is 408 g/mol. The van der Waals surface area contributed by atoms with E-state index in [1.165, 1.54) is 17.2 Å². The Balaban J connectivity index is 1.54. The Labute approximate surface area is 153 Å². The topological polar surface area (TPSA) is 84.5 Å². The highest BCUT2D eigenvalue weighted by atomic mass is 79.9. The fraction of sp³-hybridized carbons (Fsp3) is 0.235. The lowest BCUT2D eigenvalue weighted by molar-refractivity contribution is -0.118. The molecule has 0 saturated carbocycles. The Morgan fingerprint density at radius 2 is 2.08 bits per heavy atom. The Morgan fingerprint density at radius 3 is 2.88 bits per heavy atom. The van der Waals surface area contributed by atoms with Gasteiger partial charge >= 0.3 is 0 Å². The molecule has 0 aromatic heterocycles. The molecule has 8 heteroatoms. The second-order valence-corrected chi connectivity index (χ2v) is 8.66. The van der Waals surface area contributed by atoms with Crippen molar-refractivity contribution < 1.29 is 17.9 Å². The first kappa shape index (κ1) is 16.6. The quantitative estimate of drug-likeness (QED) is 0.791. The van der Waals surface area contributed by atoms with Crippen LogP contribution >= 0.6 is 15.9 Å². The van der Waals surface area contributed by atoms with E-state index in [0.29, 0.717) is 22.5 Å². The number of hydrogen-bond donors (Lipinski definition) is 2. The number of carbonyl (C=O) groups is 1. The minimum Gasteiger partial charge on any atom is -0.482 e. The lowest BCUT2D eigenvalue weighted by Gasteiger charge is -2.30. The lowest BCUT2D eigenvalue weighted by atomic mass is 9.78. The van der Waals surface area contributed by atoms with Crippen LogP contribution in [0.1, 0.15) is 17.0 Å². The van der Waals surface area contributed by atoms with E-state index in [1.54, 1.807) is 6.07 Å². The van der Waals surface area contributed by atoms with Crippen LogP contribution in [0.2, 0.25) is 0 Å². The van der Waals surface area contributed by atoms with Crippen LogP contribution in [0.5, 0.6) is 5.75 Å². The zero-order valence-corrected chi connectivity index (χ0v) is 15.5. The van der Waals surface area contributed by atoms with Crippen molar-refractivity contribution in [1.82, 2.24) is 4.72 Å². The summed E-state index contributed by atoms with van der Waals surface area (Å²) >= 11 is 3.27. The number of amides is 1. The van der Waals surface area contributed by atoms with Crippen molar-refractivity contribution in [1.29, 1.82) is 0 Å². The molecule has 2 aliphatic rings. The third-order valence-corrected chi connectivity index (χ3v) is 6.82. The van der Waals surface area contributed by atoms with E-state index in [2.05, 4.69) is 32.0 Å². The maximum Gasteiger partial charge on any atom is 0.262 e. The minimum absolute atomic E-state index is 0.0926. The highest BCUT2D eigenvalue weighted by molar-refractivity contribution is 9.10. The molecule has 0 spiro atoms. The summed E-state index contributed by atoms with van der Waals surface area (Å²) in [6, 6.07) is 11.0. The van der Waals surface area contributed by atoms with Crippen LogP contribution in [0.25, 0.3) is 0 Å². The third kappa shape index (κ3) is 3.05. The maximum absolute atomic E-state index is 12.7. The van der Waals surface area contributed by atoms with E-state index < -0.39 is 10.0 Å². The molecule has 2 aromatic carbocycles. The fourth-order valence-electron chi connectivity index (χ4n) is 3.12. The minimum atomic E-state index is -3.70. The van der Waals surface area contributed by atoms with Crippen LogP contribution in [0.15, 0.2) is 45.8 Å². The highest BCUT2D eigenvalue weighted by Gasteiger charge is 2.29. The van der Waals surface area contributed by atoms with Crippen LogP contribution in [0.4, 0.5) is 5.69 Å². The molecule has 130 valence electrons. The Bertz CT molecular complexity index is 975. The summed E-state index contributed by atoms with van der Waals surface area (Å²) in [5.41, 5.74) is 2.92. The monoisotopic (exact) mass is 422 g/mol. The summed E-state index contributed by atoms with van der Waals surface area (Å²) in [4.78, 5) is 11.4. The largest absolute Gasteiger partial charge is 0.482 e. The summed E-state index contributed by atoms with van der Waals surface area (Å²) in [7, 11) is -3.70. The maximum atomic E-state index is 12.7. The second kappa shape index (κ2) is 6.12. The van der Waals surface area contributed by atoms with Gasteiger partial charge < -0.3 is 10.1 Å². The van der Waals surface area contributed by atoms with Gasteiger partial charge in [-0.15, -0.1) is 0 Å². The first-order chi connectivity index (χ1) is 11.9. The number of nitrogens with one attached hydrogen (secondary N) is 2. The zero-order chi connectivity index (χ0) is 17.6. The van der Waals surface area contributed by atoms with Crippen molar-refractivity contribution in [3.05, 3.63) is 52.0 Å². The van der Waals surface area contributed by atoms with Crippen LogP contribution in [0, 0.1) is 0 Å². The SMILES string of the molecule is O=C1COc2cc(S(=O)(=O)NC[C@H]3Cc4ccccc43)c(Br)cc2N1. The van der Waals surface area contributed by atoms with Gasteiger partial charge in [-0.05, 0) is 39.5 Å². The number of sulfonamides is 1. The number of halogens is 1. The normalized spacial score (nSPS) is 18.4. The van der Waals surface area contributed by atoms with E-state index in [-0.39, 0.29) is 23.3 Å². The van der Waals surface area contributed by atoms with Gasteiger partial charge in [0.15, 0.2) is 6.61 Å². The fourth-order valence-corrected chi connectivity index (χ4v) is 5.26. The van der Waals surface area contributed by atoms with Gasteiger partial charge in [-0.2, -0.15) is 0 Å². The van der Waals surface area contributed by atoms with E-state index in [9.17, 15) is 13.2 Å². The molecule has 1 heterocycles. The molecule has 0 bridgehead atoms. The van der Waals surface area contributed by atoms with E-state index in [1.807, 2.05) is 18.2 Å². The van der Waals surface area contributed by atoms with Gasteiger partial charge in [-0.1, -0.05) is 24.3 Å². The van der Waals surface area contributed by atoms with Gasteiger partial charge in [0.05, 0.1) is 10.6 Å². The molecule has 0 radical (unpaired) electrons. The predicted molar refractivity (Wildman–Crippen MR) is 96.3 cm³/mol. The highest BCUT2D eigenvalue weighted by Crippen LogP contribution is 2.37.